The Bertz CT molecular complexity index is 685. The van der Waals surface area contributed by atoms with Crippen molar-refractivity contribution in [2.24, 2.45) is 0 Å². The Hall–Kier alpha value is -1.66. The predicted molar refractivity (Wildman–Crippen MR) is 85.9 cm³/mol. The number of carbonyl (C=O) groups excluding carboxylic acids is 1. The van der Waals surface area contributed by atoms with Crippen molar-refractivity contribution in [3.8, 4) is 11.5 Å². The summed E-state index contributed by atoms with van der Waals surface area (Å²) in [5.41, 5.74) is 0.228. The summed E-state index contributed by atoms with van der Waals surface area (Å²) in [7, 11) is 1.43. The zero-order valence-corrected chi connectivity index (χ0v) is 14.3. The summed E-state index contributed by atoms with van der Waals surface area (Å²) in [6, 6.07) is 2.97. The van der Waals surface area contributed by atoms with Gasteiger partial charge in [0.2, 0.25) is 0 Å². The van der Waals surface area contributed by atoms with Crippen LogP contribution in [0.25, 0.3) is 0 Å². The fraction of sp³-hybridized carbons (Fsp3) is 0.533. The molecule has 1 fully saturated rings. The van der Waals surface area contributed by atoms with E-state index in [4.69, 9.17) is 30.5 Å². The van der Waals surface area contributed by atoms with E-state index < -0.39 is 49.5 Å². The average molecular weight is 392 g/mol. The summed E-state index contributed by atoms with van der Waals surface area (Å²) < 4.78 is 21.0. The molecule has 0 radical (unpaired) electrons. The number of methoxy groups -OCH3 is 1. The molecule has 1 unspecified atom stereocenters. The average Bonchev–Trinajstić information content (AvgIpc) is 2.63. The van der Waals surface area contributed by atoms with Gasteiger partial charge >= 0.3 is 0 Å². The fourth-order valence-corrected chi connectivity index (χ4v) is 2.88. The van der Waals surface area contributed by atoms with E-state index >= 15 is 0 Å². The smallest absolute Gasteiger partial charge is 0.294 e. The van der Waals surface area contributed by atoms with E-state index in [1.807, 2.05) is 0 Å². The largest absolute Gasteiger partial charge is 0.497 e. The molecule has 5 N–H and O–H groups in total. The Morgan fingerprint density at radius 1 is 1.23 bits per heavy atom. The van der Waals surface area contributed by atoms with Crippen molar-refractivity contribution in [2.45, 2.75) is 37.0 Å². The minimum Gasteiger partial charge on any atom is -0.497 e. The number of aliphatic hydroxyl groups excluding tert-OH is 4. The molecule has 1 amide bonds. The number of amides is 1. The Morgan fingerprint density at radius 3 is 2.62 bits per heavy atom. The van der Waals surface area contributed by atoms with Gasteiger partial charge in [0, 0.05) is 12.1 Å². The summed E-state index contributed by atoms with van der Waals surface area (Å²) in [5.74, 6) is -0.165. The third-order valence-corrected chi connectivity index (χ3v) is 4.36. The SMILES string of the molecule is COc1cc(Cl)c2c(c1)OC(O[C@@H]1O[C@H](CO)[C@@H](O)[C@H](O)[C@H]1O)C(=O)N2. The molecule has 0 aromatic heterocycles. The fourth-order valence-electron chi connectivity index (χ4n) is 2.63. The number of benzene rings is 1. The number of halogens is 1. The molecule has 2 aliphatic rings. The number of hydrogen-bond donors (Lipinski definition) is 5. The third kappa shape index (κ3) is 3.45. The van der Waals surface area contributed by atoms with Crippen LogP contribution in [0.5, 0.6) is 11.5 Å². The van der Waals surface area contributed by atoms with Gasteiger partial charge in [-0.05, 0) is 0 Å². The van der Waals surface area contributed by atoms with Crippen LogP contribution in [0.4, 0.5) is 5.69 Å². The van der Waals surface area contributed by atoms with E-state index in [2.05, 4.69) is 5.32 Å². The van der Waals surface area contributed by atoms with Crippen LogP contribution in [0, 0.1) is 0 Å². The first-order valence-electron chi connectivity index (χ1n) is 7.66. The van der Waals surface area contributed by atoms with Crippen LogP contribution in [0.3, 0.4) is 0 Å². The van der Waals surface area contributed by atoms with Gasteiger partial charge < -0.3 is 44.7 Å². The number of rotatable bonds is 4. The van der Waals surface area contributed by atoms with Crippen molar-refractivity contribution in [1.82, 2.24) is 0 Å². The highest BCUT2D eigenvalue weighted by atomic mass is 35.5. The molecule has 1 saturated heterocycles. The van der Waals surface area contributed by atoms with E-state index in [9.17, 15) is 25.2 Å². The second kappa shape index (κ2) is 7.53. The molecule has 0 saturated carbocycles. The maximum atomic E-state index is 12.2. The molecule has 11 heteroatoms. The molecule has 6 atom stereocenters. The van der Waals surface area contributed by atoms with Crippen molar-refractivity contribution in [3.63, 3.8) is 0 Å². The Morgan fingerprint density at radius 2 is 1.96 bits per heavy atom. The van der Waals surface area contributed by atoms with Gasteiger partial charge in [0.25, 0.3) is 12.2 Å². The lowest BCUT2D eigenvalue weighted by molar-refractivity contribution is -0.322. The first-order valence-corrected chi connectivity index (χ1v) is 8.04. The van der Waals surface area contributed by atoms with Crippen LogP contribution in [0.1, 0.15) is 0 Å². The molecule has 2 heterocycles. The van der Waals surface area contributed by atoms with Gasteiger partial charge in [-0.3, -0.25) is 4.79 Å². The van der Waals surface area contributed by atoms with Crippen molar-refractivity contribution in [2.75, 3.05) is 19.0 Å². The van der Waals surface area contributed by atoms with Gasteiger partial charge in [-0.25, -0.2) is 0 Å². The van der Waals surface area contributed by atoms with E-state index in [0.717, 1.165) is 0 Å². The van der Waals surface area contributed by atoms with Gasteiger partial charge in [0.1, 0.15) is 35.9 Å². The second-order valence-electron chi connectivity index (χ2n) is 5.75. The van der Waals surface area contributed by atoms with Crippen LogP contribution < -0.4 is 14.8 Å². The topological polar surface area (TPSA) is 147 Å². The molecule has 0 spiro atoms. The molecule has 10 nitrogen and oxygen atoms in total. The quantitative estimate of drug-likeness (QED) is 0.428. The number of anilines is 1. The molecule has 26 heavy (non-hydrogen) atoms. The van der Waals surface area contributed by atoms with E-state index in [1.54, 1.807) is 0 Å². The number of nitrogens with one attached hydrogen (secondary N) is 1. The van der Waals surface area contributed by atoms with E-state index in [0.29, 0.717) is 5.75 Å². The lowest BCUT2D eigenvalue weighted by atomic mass is 9.99. The monoisotopic (exact) mass is 391 g/mol. The minimum atomic E-state index is -1.67. The highest BCUT2D eigenvalue weighted by Gasteiger charge is 2.46. The lowest BCUT2D eigenvalue weighted by Gasteiger charge is -2.40. The maximum absolute atomic E-state index is 12.2. The molecular weight excluding hydrogens is 374 g/mol. The highest BCUT2D eigenvalue weighted by molar-refractivity contribution is 6.34. The maximum Gasteiger partial charge on any atom is 0.294 e. The predicted octanol–water partition coefficient (Wildman–Crippen LogP) is -1.18. The summed E-state index contributed by atoms with van der Waals surface area (Å²) in [6.07, 6.45) is -9.08. The summed E-state index contributed by atoms with van der Waals surface area (Å²) >= 11 is 6.06. The molecule has 1 aromatic carbocycles. The molecule has 1 aromatic rings. The van der Waals surface area contributed by atoms with Crippen LogP contribution in [0.15, 0.2) is 12.1 Å². The van der Waals surface area contributed by atoms with Crippen LogP contribution in [-0.4, -0.2) is 77.0 Å². The number of aliphatic hydroxyl groups is 4. The third-order valence-electron chi connectivity index (χ3n) is 4.07. The Balaban J connectivity index is 1.78. The minimum absolute atomic E-state index is 0.170. The van der Waals surface area contributed by atoms with Gasteiger partial charge in [-0.15, -0.1) is 0 Å². The first kappa shape index (κ1) is 19.1. The Kier molecular flexibility index (Phi) is 5.53. The van der Waals surface area contributed by atoms with Crippen molar-refractivity contribution in [1.29, 1.82) is 0 Å². The van der Waals surface area contributed by atoms with Gasteiger partial charge in [0.05, 0.1) is 18.7 Å². The molecule has 0 bridgehead atoms. The lowest BCUT2D eigenvalue weighted by Crippen LogP contribution is -2.60. The number of ether oxygens (including phenoxy) is 4. The molecule has 144 valence electrons. The van der Waals surface area contributed by atoms with Gasteiger partial charge in [0.15, 0.2) is 12.0 Å². The zero-order valence-electron chi connectivity index (χ0n) is 13.5. The normalized spacial score (nSPS) is 33.8. The summed E-state index contributed by atoms with van der Waals surface area (Å²) in [5, 5.41) is 41.4. The number of fused-ring (bicyclic) bond motifs is 1. The summed E-state index contributed by atoms with van der Waals surface area (Å²) in [4.78, 5) is 12.2. The van der Waals surface area contributed by atoms with E-state index in [1.165, 1.54) is 19.2 Å². The van der Waals surface area contributed by atoms with E-state index in [-0.39, 0.29) is 16.5 Å². The molecule has 0 aliphatic carbocycles. The number of hydrogen-bond acceptors (Lipinski definition) is 9. The van der Waals surface area contributed by atoms with Gasteiger partial charge in [-0.2, -0.15) is 0 Å². The van der Waals surface area contributed by atoms with Crippen LogP contribution >= 0.6 is 11.6 Å². The van der Waals surface area contributed by atoms with Crippen LogP contribution in [-0.2, 0) is 14.3 Å². The molecular formula is C15H18ClNO9. The van der Waals surface area contributed by atoms with Crippen molar-refractivity contribution >= 4 is 23.2 Å². The second-order valence-corrected chi connectivity index (χ2v) is 6.16. The Labute approximate surface area is 152 Å². The van der Waals surface area contributed by atoms with Gasteiger partial charge in [-0.1, -0.05) is 11.6 Å². The standard InChI is InChI=1S/C15H18ClNO9/c1-23-5-2-6(16)9-7(3-5)24-15(13(22)17-9)26-14-12(21)11(20)10(19)8(4-18)25-14/h2-3,8,10-12,14-15,18-21H,4H2,1H3,(H,17,22)/t8-,10-,11+,12-,14+,15?/m1/s1. The van der Waals surface area contributed by atoms with Crippen molar-refractivity contribution in [3.05, 3.63) is 17.2 Å². The molecule has 2 aliphatic heterocycles. The molecule has 3 rings (SSSR count). The first-order chi connectivity index (χ1) is 12.3. The van der Waals surface area contributed by atoms with Crippen molar-refractivity contribution < 1.29 is 44.2 Å². The highest BCUT2D eigenvalue weighted by Crippen LogP contribution is 2.40. The zero-order chi connectivity index (χ0) is 19.0. The number of carbonyl (C=O) groups is 1. The summed E-state index contributed by atoms with van der Waals surface area (Å²) in [6.45, 7) is -0.627. The van der Waals surface area contributed by atoms with Crippen LogP contribution in [0.2, 0.25) is 5.02 Å².